The van der Waals surface area contributed by atoms with Crippen molar-refractivity contribution in [3.63, 3.8) is 0 Å². The Morgan fingerprint density at radius 3 is 2.30 bits per heavy atom. The molecule has 2 heterocycles. The lowest BCUT2D eigenvalue weighted by Gasteiger charge is -2.43. The molecular weight excluding hydrogens is 376 g/mol. The highest BCUT2D eigenvalue weighted by atomic mass is 16.2. The van der Waals surface area contributed by atoms with Gasteiger partial charge in [0.2, 0.25) is 5.91 Å². The molecule has 2 fully saturated rings. The van der Waals surface area contributed by atoms with Crippen molar-refractivity contribution in [1.29, 1.82) is 0 Å². The number of carbonyl (C=O) groups is 2. The van der Waals surface area contributed by atoms with Crippen LogP contribution >= 0.6 is 0 Å². The quantitative estimate of drug-likeness (QED) is 0.794. The van der Waals surface area contributed by atoms with Crippen LogP contribution in [0.5, 0.6) is 0 Å². The third kappa shape index (κ3) is 3.62. The van der Waals surface area contributed by atoms with Crippen molar-refractivity contribution in [1.82, 2.24) is 10.2 Å². The van der Waals surface area contributed by atoms with Crippen LogP contribution in [0.2, 0.25) is 0 Å². The lowest BCUT2D eigenvalue weighted by Crippen LogP contribution is -2.57. The zero-order valence-electron chi connectivity index (χ0n) is 17.9. The number of nitrogens with zero attached hydrogens (tertiary/aromatic N) is 2. The van der Waals surface area contributed by atoms with Gasteiger partial charge in [-0.2, -0.15) is 0 Å². The van der Waals surface area contributed by atoms with Crippen LogP contribution in [-0.2, 0) is 10.2 Å². The summed E-state index contributed by atoms with van der Waals surface area (Å²) in [4.78, 5) is 29.7. The summed E-state index contributed by atoms with van der Waals surface area (Å²) in [5.74, 6) is 0.0597. The molecule has 6 heteroatoms. The lowest BCUT2D eigenvalue weighted by molar-refractivity contribution is -0.124. The number of piperidine rings is 1. The molecule has 2 aliphatic heterocycles. The van der Waals surface area contributed by atoms with Crippen molar-refractivity contribution in [2.24, 2.45) is 0 Å². The van der Waals surface area contributed by atoms with E-state index in [0.717, 1.165) is 16.9 Å². The summed E-state index contributed by atoms with van der Waals surface area (Å²) in [5.41, 5.74) is 2.35. The molecule has 0 aliphatic carbocycles. The van der Waals surface area contributed by atoms with Crippen LogP contribution in [0, 0.1) is 0 Å². The minimum atomic E-state index is -0.582. The number of amides is 3. The van der Waals surface area contributed by atoms with Gasteiger partial charge in [0.15, 0.2) is 0 Å². The van der Waals surface area contributed by atoms with Crippen LogP contribution in [0.25, 0.3) is 0 Å². The number of benzene rings is 2. The largest absolute Gasteiger partial charge is 0.339 e. The van der Waals surface area contributed by atoms with Crippen LogP contribution in [0.3, 0.4) is 0 Å². The Balaban J connectivity index is 1.47. The maximum atomic E-state index is 13.0. The first-order chi connectivity index (χ1) is 14.3. The zero-order valence-corrected chi connectivity index (χ0v) is 17.9. The second kappa shape index (κ2) is 7.67. The summed E-state index contributed by atoms with van der Waals surface area (Å²) in [6, 6.07) is 17.9. The molecule has 1 spiro atoms. The number of nitrogens with one attached hydrogen (secondary N) is 2. The fraction of sp³-hybridized carbons (Fsp3) is 0.417. The van der Waals surface area contributed by atoms with Gasteiger partial charge in [-0.3, -0.25) is 4.79 Å². The van der Waals surface area contributed by atoms with Crippen LogP contribution in [0.1, 0.15) is 39.2 Å². The summed E-state index contributed by atoms with van der Waals surface area (Å²) in [6.45, 7) is 8.01. The molecule has 0 saturated carbocycles. The van der Waals surface area contributed by atoms with Crippen LogP contribution in [0.15, 0.2) is 54.6 Å². The third-order valence-electron chi connectivity index (χ3n) is 6.26. The molecule has 4 rings (SSSR count). The summed E-state index contributed by atoms with van der Waals surface area (Å²) in [5, 5.41) is 6.10. The Morgan fingerprint density at radius 1 is 1.00 bits per heavy atom. The molecule has 0 bridgehead atoms. The molecule has 0 aromatic heterocycles. The Labute approximate surface area is 178 Å². The van der Waals surface area contributed by atoms with Crippen molar-refractivity contribution in [3.05, 3.63) is 60.2 Å². The lowest BCUT2D eigenvalue weighted by atomic mass is 9.85. The molecule has 3 amide bonds. The Morgan fingerprint density at radius 2 is 1.63 bits per heavy atom. The Bertz CT molecular complexity index is 928. The van der Waals surface area contributed by atoms with E-state index in [2.05, 4.69) is 42.4 Å². The van der Waals surface area contributed by atoms with E-state index in [1.807, 2.05) is 53.4 Å². The van der Waals surface area contributed by atoms with Gasteiger partial charge < -0.3 is 20.4 Å². The third-order valence-corrected chi connectivity index (χ3v) is 6.26. The van der Waals surface area contributed by atoms with Gasteiger partial charge in [0.05, 0.1) is 6.67 Å². The van der Waals surface area contributed by atoms with Gasteiger partial charge in [-0.1, -0.05) is 57.2 Å². The average Bonchev–Trinajstić information content (AvgIpc) is 3.04. The molecule has 158 valence electrons. The van der Waals surface area contributed by atoms with E-state index in [-0.39, 0.29) is 17.4 Å². The van der Waals surface area contributed by atoms with Crippen molar-refractivity contribution < 1.29 is 9.59 Å². The number of rotatable bonds is 2. The van der Waals surface area contributed by atoms with E-state index in [1.165, 1.54) is 0 Å². The average molecular weight is 407 g/mol. The molecule has 0 atom stereocenters. The maximum Gasteiger partial charge on any atom is 0.321 e. The van der Waals surface area contributed by atoms with Gasteiger partial charge >= 0.3 is 6.03 Å². The second-order valence-electron chi connectivity index (χ2n) is 9.17. The first-order valence-corrected chi connectivity index (χ1v) is 10.6. The highest BCUT2D eigenvalue weighted by molar-refractivity contribution is 5.94. The first kappa shape index (κ1) is 20.3. The molecular formula is C24H30N4O2. The van der Waals surface area contributed by atoms with E-state index < -0.39 is 5.54 Å². The fourth-order valence-electron chi connectivity index (χ4n) is 4.55. The second-order valence-corrected chi connectivity index (χ2v) is 9.17. The SMILES string of the molecule is CC(C)(C)c1ccccc1NC(=O)N1CCC2(CC1)C(=O)NCN2c1ccccc1. The van der Waals surface area contributed by atoms with Gasteiger partial charge in [-0.15, -0.1) is 0 Å². The van der Waals surface area contributed by atoms with Gasteiger partial charge in [-0.25, -0.2) is 4.79 Å². The maximum absolute atomic E-state index is 13.0. The van der Waals surface area contributed by atoms with E-state index >= 15 is 0 Å². The summed E-state index contributed by atoms with van der Waals surface area (Å²) >= 11 is 0. The molecule has 6 nitrogen and oxygen atoms in total. The normalized spacial score (nSPS) is 18.4. The number of para-hydroxylation sites is 2. The first-order valence-electron chi connectivity index (χ1n) is 10.6. The topological polar surface area (TPSA) is 64.7 Å². The van der Waals surface area contributed by atoms with Crippen molar-refractivity contribution in [2.45, 2.75) is 44.6 Å². The highest BCUT2D eigenvalue weighted by Crippen LogP contribution is 2.36. The number of hydrogen-bond acceptors (Lipinski definition) is 3. The number of likely N-dealkylation sites (tertiary alicyclic amines) is 1. The number of carbonyl (C=O) groups excluding carboxylic acids is 2. The molecule has 0 radical (unpaired) electrons. The molecule has 2 N–H and O–H groups in total. The van der Waals surface area contributed by atoms with E-state index in [1.54, 1.807) is 0 Å². The van der Waals surface area contributed by atoms with E-state index in [4.69, 9.17) is 0 Å². The van der Waals surface area contributed by atoms with Crippen LogP contribution in [0.4, 0.5) is 16.2 Å². The van der Waals surface area contributed by atoms with Gasteiger partial charge in [0, 0.05) is 24.5 Å². The molecule has 2 aliphatic rings. The summed E-state index contributed by atoms with van der Waals surface area (Å²) in [6.07, 6.45) is 1.23. The molecule has 2 saturated heterocycles. The Hall–Kier alpha value is -3.02. The summed E-state index contributed by atoms with van der Waals surface area (Å²) in [7, 11) is 0. The van der Waals surface area contributed by atoms with E-state index in [9.17, 15) is 9.59 Å². The number of hydrogen-bond donors (Lipinski definition) is 2. The standard InChI is InChI=1S/C24H30N4O2/c1-23(2,3)19-11-7-8-12-20(19)26-22(30)27-15-13-24(14-16-27)21(29)25-17-28(24)18-9-5-4-6-10-18/h4-12H,13-17H2,1-3H3,(H,25,29)(H,26,30). The smallest absolute Gasteiger partial charge is 0.321 e. The monoisotopic (exact) mass is 406 g/mol. The van der Waals surface area contributed by atoms with Crippen LogP contribution < -0.4 is 15.5 Å². The minimum Gasteiger partial charge on any atom is -0.339 e. The molecule has 0 unspecified atom stereocenters. The predicted octanol–water partition coefficient (Wildman–Crippen LogP) is 3.94. The van der Waals surface area contributed by atoms with Crippen LogP contribution in [-0.4, -0.2) is 42.1 Å². The predicted molar refractivity (Wildman–Crippen MR) is 120 cm³/mol. The van der Waals surface area contributed by atoms with Gasteiger partial charge in [-0.05, 0) is 42.0 Å². The number of anilines is 2. The van der Waals surface area contributed by atoms with Gasteiger partial charge in [0.25, 0.3) is 0 Å². The minimum absolute atomic E-state index is 0.0597. The summed E-state index contributed by atoms with van der Waals surface area (Å²) < 4.78 is 0. The molecule has 2 aromatic carbocycles. The molecule has 2 aromatic rings. The highest BCUT2D eigenvalue weighted by Gasteiger charge is 2.50. The zero-order chi connectivity index (χ0) is 21.4. The van der Waals surface area contributed by atoms with Crippen molar-refractivity contribution in [3.8, 4) is 0 Å². The molecule has 30 heavy (non-hydrogen) atoms. The number of urea groups is 1. The fourth-order valence-corrected chi connectivity index (χ4v) is 4.55. The van der Waals surface area contributed by atoms with E-state index in [0.29, 0.717) is 32.6 Å². The Kier molecular flexibility index (Phi) is 5.18. The van der Waals surface area contributed by atoms with Crippen molar-refractivity contribution in [2.75, 3.05) is 30.0 Å². The van der Waals surface area contributed by atoms with Gasteiger partial charge in [0.1, 0.15) is 5.54 Å². The van der Waals surface area contributed by atoms with Crippen molar-refractivity contribution >= 4 is 23.3 Å².